The maximum atomic E-state index is 11.9. The zero-order valence-electron chi connectivity index (χ0n) is 11.5. The SMILES string of the molecule is O=C(COc1ccc(Cl)cc1)Nc1ccc2nccnc2c1. The molecule has 0 atom stereocenters. The van der Waals surface area contributed by atoms with Crippen LogP contribution in [0.25, 0.3) is 11.0 Å². The molecule has 0 radical (unpaired) electrons. The normalized spacial score (nSPS) is 10.4. The summed E-state index contributed by atoms with van der Waals surface area (Å²) < 4.78 is 5.38. The molecule has 6 heteroatoms. The number of anilines is 1. The number of carbonyl (C=O) groups excluding carboxylic acids is 1. The van der Waals surface area contributed by atoms with Crippen LogP contribution < -0.4 is 10.1 Å². The molecule has 0 aliphatic rings. The van der Waals surface area contributed by atoms with Crippen LogP contribution in [0, 0.1) is 0 Å². The van der Waals surface area contributed by atoms with Crippen molar-refractivity contribution in [3.63, 3.8) is 0 Å². The van der Waals surface area contributed by atoms with Crippen molar-refractivity contribution in [1.82, 2.24) is 9.97 Å². The average Bonchev–Trinajstić information content (AvgIpc) is 2.54. The Hall–Kier alpha value is -2.66. The predicted octanol–water partition coefficient (Wildman–Crippen LogP) is 3.30. The van der Waals surface area contributed by atoms with Crippen LogP contribution in [0.1, 0.15) is 0 Å². The third kappa shape index (κ3) is 3.51. The summed E-state index contributed by atoms with van der Waals surface area (Å²) >= 11 is 5.78. The summed E-state index contributed by atoms with van der Waals surface area (Å²) in [4.78, 5) is 20.3. The lowest BCUT2D eigenvalue weighted by atomic mass is 10.2. The first-order valence-electron chi connectivity index (χ1n) is 6.60. The Labute approximate surface area is 131 Å². The number of hydrogen-bond acceptors (Lipinski definition) is 4. The van der Waals surface area contributed by atoms with Crippen molar-refractivity contribution in [1.29, 1.82) is 0 Å². The van der Waals surface area contributed by atoms with E-state index in [0.29, 0.717) is 16.5 Å². The van der Waals surface area contributed by atoms with E-state index in [4.69, 9.17) is 16.3 Å². The summed E-state index contributed by atoms with van der Waals surface area (Å²) in [5.74, 6) is 0.335. The lowest BCUT2D eigenvalue weighted by Crippen LogP contribution is -2.20. The molecule has 3 aromatic rings. The van der Waals surface area contributed by atoms with E-state index in [1.807, 2.05) is 0 Å². The molecular weight excluding hydrogens is 302 g/mol. The summed E-state index contributed by atoms with van der Waals surface area (Å²) in [5.41, 5.74) is 2.15. The largest absolute Gasteiger partial charge is 0.484 e. The smallest absolute Gasteiger partial charge is 0.262 e. The van der Waals surface area contributed by atoms with Crippen LogP contribution in [0.2, 0.25) is 5.02 Å². The van der Waals surface area contributed by atoms with Crippen LogP contribution in [0.3, 0.4) is 0 Å². The molecular formula is C16H12ClN3O2. The molecule has 0 saturated heterocycles. The molecule has 0 bridgehead atoms. The Morgan fingerprint density at radius 3 is 2.55 bits per heavy atom. The summed E-state index contributed by atoms with van der Waals surface area (Å²) in [5, 5.41) is 3.38. The van der Waals surface area contributed by atoms with Gasteiger partial charge in [-0.05, 0) is 42.5 Å². The summed E-state index contributed by atoms with van der Waals surface area (Å²) in [6.45, 7) is -0.0832. The van der Waals surface area contributed by atoms with Crippen LogP contribution in [0.4, 0.5) is 5.69 Å². The zero-order chi connectivity index (χ0) is 15.4. The van der Waals surface area contributed by atoms with Gasteiger partial charge in [-0.15, -0.1) is 0 Å². The standard InChI is InChI=1S/C16H12ClN3O2/c17-11-1-4-13(5-2-11)22-10-16(21)20-12-3-6-14-15(9-12)19-8-7-18-14/h1-9H,10H2,(H,20,21). The van der Waals surface area contributed by atoms with Crippen LogP contribution in [0.5, 0.6) is 5.75 Å². The van der Waals surface area contributed by atoms with Crippen molar-refractivity contribution in [2.45, 2.75) is 0 Å². The quantitative estimate of drug-likeness (QED) is 0.802. The number of nitrogens with one attached hydrogen (secondary N) is 1. The highest BCUT2D eigenvalue weighted by Crippen LogP contribution is 2.16. The number of halogens is 1. The molecule has 0 aliphatic carbocycles. The predicted molar refractivity (Wildman–Crippen MR) is 85.1 cm³/mol. The van der Waals surface area contributed by atoms with Gasteiger partial charge in [0.15, 0.2) is 6.61 Å². The van der Waals surface area contributed by atoms with Gasteiger partial charge in [0.1, 0.15) is 5.75 Å². The van der Waals surface area contributed by atoms with Gasteiger partial charge in [0.25, 0.3) is 5.91 Å². The minimum atomic E-state index is -0.252. The molecule has 5 nitrogen and oxygen atoms in total. The monoisotopic (exact) mass is 313 g/mol. The first-order chi connectivity index (χ1) is 10.7. The van der Waals surface area contributed by atoms with Crippen molar-refractivity contribution >= 4 is 34.2 Å². The lowest BCUT2D eigenvalue weighted by molar-refractivity contribution is -0.118. The molecule has 0 aliphatic heterocycles. The van der Waals surface area contributed by atoms with Gasteiger partial charge in [-0.3, -0.25) is 14.8 Å². The minimum absolute atomic E-state index is 0.0832. The number of amides is 1. The van der Waals surface area contributed by atoms with Crippen LogP contribution in [-0.4, -0.2) is 22.5 Å². The zero-order valence-corrected chi connectivity index (χ0v) is 12.2. The van der Waals surface area contributed by atoms with Gasteiger partial charge in [0.05, 0.1) is 11.0 Å². The molecule has 1 N–H and O–H groups in total. The highest BCUT2D eigenvalue weighted by molar-refractivity contribution is 6.30. The van der Waals surface area contributed by atoms with Gasteiger partial charge in [-0.1, -0.05) is 11.6 Å². The maximum absolute atomic E-state index is 11.9. The number of nitrogens with zero attached hydrogens (tertiary/aromatic N) is 2. The molecule has 22 heavy (non-hydrogen) atoms. The van der Waals surface area contributed by atoms with Crippen molar-refractivity contribution in [3.05, 3.63) is 59.9 Å². The second kappa shape index (κ2) is 6.41. The summed E-state index contributed by atoms with van der Waals surface area (Å²) in [7, 11) is 0. The van der Waals surface area contributed by atoms with Gasteiger partial charge in [-0.25, -0.2) is 0 Å². The number of carbonyl (C=O) groups is 1. The van der Waals surface area contributed by atoms with E-state index in [0.717, 1.165) is 11.0 Å². The van der Waals surface area contributed by atoms with Crippen LogP contribution in [-0.2, 0) is 4.79 Å². The molecule has 0 unspecified atom stereocenters. The Morgan fingerprint density at radius 1 is 1.05 bits per heavy atom. The second-order valence-corrected chi connectivity index (χ2v) is 4.99. The fourth-order valence-electron chi connectivity index (χ4n) is 1.92. The van der Waals surface area contributed by atoms with Crippen LogP contribution >= 0.6 is 11.6 Å². The van der Waals surface area contributed by atoms with Crippen molar-refractivity contribution in [3.8, 4) is 5.75 Å². The molecule has 0 saturated carbocycles. The van der Waals surface area contributed by atoms with E-state index >= 15 is 0 Å². The second-order valence-electron chi connectivity index (χ2n) is 4.55. The molecule has 0 spiro atoms. The third-order valence-corrected chi connectivity index (χ3v) is 3.19. The Bertz CT molecular complexity index is 806. The molecule has 0 fully saturated rings. The van der Waals surface area contributed by atoms with E-state index in [2.05, 4.69) is 15.3 Å². The lowest BCUT2D eigenvalue weighted by Gasteiger charge is -2.08. The van der Waals surface area contributed by atoms with E-state index in [9.17, 15) is 4.79 Å². The Kier molecular flexibility index (Phi) is 4.16. The first-order valence-corrected chi connectivity index (χ1v) is 6.97. The number of fused-ring (bicyclic) bond motifs is 1. The van der Waals surface area contributed by atoms with Gasteiger partial charge in [0.2, 0.25) is 0 Å². The number of ether oxygens (including phenoxy) is 1. The van der Waals surface area contributed by atoms with Crippen molar-refractivity contribution in [2.75, 3.05) is 11.9 Å². The minimum Gasteiger partial charge on any atom is -0.484 e. The van der Waals surface area contributed by atoms with Crippen molar-refractivity contribution in [2.24, 2.45) is 0 Å². The summed E-state index contributed by atoms with van der Waals surface area (Å²) in [6.07, 6.45) is 3.23. The van der Waals surface area contributed by atoms with Gasteiger partial charge >= 0.3 is 0 Å². The molecule has 2 aromatic carbocycles. The molecule has 1 heterocycles. The van der Waals surface area contributed by atoms with Crippen molar-refractivity contribution < 1.29 is 9.53 Å². The van der Waals surface area contributed by atoms with E-state index in [1.54, 1.807) is 54.9 Å². The highest BCUT2D eigenvalue weighted by atomic mass is 35.5. The number of rotatable bonds is 4. The number of benzene rings is 2. The summed E-state index contributed by atoms with van der Waals surface area (Å²) in [6, 6.07) is 12.2. The van der Waals surface area contributed by atoms with Gasteiger partial charge in [0, 0.05) is 23.1 Å². The third-order valence-electron chi connectivity index (χ3n) is 2.94. The fraction of sp³-hybridized carbons (Fsp3) is 0.0625. The molecule has 1 aromatic heterocycles. The maximum Gasteiger partial charge on any atom is 0.262 e. The highest BCUT2D eigenvalue weighted by Gasteiger charge is 2.05. The molecule has 3 rings (SSSR count). The molecule has 110 valence electrons. The van der Waals surface area contributed by atoms with Gasteiger partial charge < -0.3 is 10.1 Å². The number of aromatic nitrogens is 2. The fourth-order valence-corrected chi connectivity index (χ4v) is 2.04. The Morgan fingerprint density at radius 2 is 1.77 bits per heavy atom. The van der Waals surface area contributed by atoms with Gasteiger partial charge in [-0.2, -0.15) is 0 Å². The van der Waals surface area contributed by atoms with E-state index in [1.165, 1.54) is 0 Å². The topological polar surface area (TPSA) is 64.1 Å². The van der Waals surface area contributed by atoms with E-state index in [-0.39, 0.29) is 12.5 Å². The van der Waals surface area contributed by atoms with E-state index < -0.39 is 0 Å². The Balaban J connectivity index is 1.61. The number of hydrogen-bond donors (Lipinski definition) is 1. The average molecular weight is 314 g/mol. The van der Waals surface area contributed by atoms with Crippen LogP contribution in [0.15, 0.2) is 54.9 Å². The first kappa shape index (κ1) is 14.3. The molecule has 1 amide bonds.